The number of hydrogen-bond donors (Lipinski definition) is 1. The molecule has 0 unspecified atom stereocenters. The van der Waals surface area contributed by atoms with Crippen LogP contribution in [0.2, 0.25) is 0 Å². The van der Waals surface area contributed by atoms with Gasteiger partial charge in [0.2, 0.25) is 0 Å². The maximum Gasteiger partial charge on any atom is 0.138 e. The van der Waals surface area contributed by atoms with E-state index in [0.29, 0.717) is 0 Å². The SMILES string of the molecule is COC1(CNc2nc(C)nc3sc(-c4ccccc4)cc23)CCOCC1. The Morgan fingerprint density at radius 3 is 2.69 bits per heavy atom. The van der Waals surface area contributed by atoms with Crippen molar-refractivity contribution in [3.8, 4) is 10.4 Å². The van der Waals surface area contributed by atoms with Crippen LogP contribution in [0.15, 0.2) is 36.4 Å². The number of anilines is 1. The lowest BCUT2D eigenvalue weighted by Crippen LogP contribution is -2.44. The van der Waals surface area contributed by atoms with E-state index < -0.39 is 0 Å². The average Bonchev–Trinajstić information content (AvgIpc) is 3.11. The van der Waals surface area contributed by atoms with Gasteiger partial charge in [-0.1, -0.05) is 30.3 Å². The molecule has 4 rings (SSSR count). The molecule has 3 aromatic rings. The van der Waals surface area contributed by atoms with Crippen LogP contribution in [0.4, 0.5) is 5.82 Å². The zero-order valence-electron chi connectivity index (χ0n) is 15.1. The second kappa shape index (κ2) is 7.31. The van der Waals surface area contributed by atoms with Crippen molar-refractivity contribution in [1.29, 1.82) is 0 Å². The molecule has 1 aliphatic rings. The first-order chi connectivity index (χ1) is 12.7. The summed E-state index contributed by atoms with van der Waals surface area (Å²) in [5.41, 5.74) is 1.01. The van der Waals surface area contributed by atoms with E-state index in [2.05, 4.69) is 45.6 Å². The van der Waals surface area contributed by atoms with E-state index in [-0.39, 0.29) is 5.60 Å². The monoisotopic (exact) mass is 369 g/mol. The largest absolute Gasteiger partial charge is 0.381 e. The van der Waals surface area contributed by atoms with Crippen molar-refractivity contribution in [2.75, 3.05) is 32.2 Å². The number of benzene rings is 1. The molecule has 6 heteroatoms. The van der Waals surface area contributed by atoms with Crippen LogP contribution >= 0.6 is 11.3 Å². The highest BCUT2D eigenvalue weighted by atomic mass is 32.1. The van der Waals surface area contributed by atoms with E-state index in [1.54, 1.807) is 18.4 Å². The maximum atomic E-state index is 5.83. The highest BCUT2D eigenvalue weighted by Crippen LogP contribution is 2.36. The van der Waals surface area contributed by atoms with E-state index >= 15 is 0 Å². The van der Waals surface area contributed by atoms with Crippen molar-refractivity contribution in [3.05, 3.63) is 42.2 Å². The number of aromatic nitrogens is 2. The Morgan fingerprint density at radius 2 is 1.96 bits per heavy atom. The first-order valence-corrected chi connectivity index (χ1v) is 9.71. The van der Waals surface area contributed by atoms with Crippen LogP contribution in [-0.4, -0.2) is 42.4 Å². The van der Waals surface area contributed by atoms with E-state index in [0.717, 1.165) is 54.5 Å². The summed E-state index contributed by atoms with van der Waals surface area (Å²) in [7, 11) is 1.78. The molecule has 0 atom stereocenters. The normalized spacial score (nSPS) is 16.7. The Kier molecular flexibility index (Phi) is 4.89. The van der Waals surface area contributed by atoms with Crippen LogP contribution in [0.25, 0.3) is 20.7 Å². The number of fused-ring (bicyclic) bond motifs is 1. The third-order valence-corrected chi connectivity index (χ3v) is 6.06. The van der Waals surface area contributed by atoms with Gasteiger partial charge in [-0.15, -0.1) is 11.3 Å². The summed E-state index contributed by atoms with van der Waals surface area (Å²) in [4.78, 5) is 11.5. The minimum absolute atomic E-state index is 0.193. The predicted octanol–water partition coefficient (Wildman–Crippen LogP) is 4.27. The van der Waals surface area contributed by atoms with Crippen molar-refractivity contribution in [2.24, 2.45) is 0 Å². The number of rotatable bonds is 5. The molecule has 0 spiro atoms. The van der Waals surface area contributed by atoms with Crippen molar-refractivity contribution < 1.29 is 9.47 Å². The number of methoxy groups -OCH3 is 1. The topological polar surface area (TPSA) is 56.3 Å². The quantitative estimate of drug-likeness (QED) is 0.728. The summed E-state index contributed by atoms with van der Waals surface area (Å²) in [5, 5.41) is 4.60. The van der Waals surface area contributed by atoms with Gasteiger partial charge >= 0.3 is 0 Å². The molecule has 1 aromatic carbocycles. The molecule has 0 radical (unpaired) electrons. The molecular formula is C20H23N3O2S. The average molecular weight is 369 g/mol. The number of nitrogens with one attached hydrogen (secondary N) is 1. The zero-order chi connectivity index (χ0) is 18.0. The van der Waals surface area contributed by atoms with Gasteiger partial charge in [0.05, 0.1) is 11.0 Å². The fraction of sp³-hybridized carbons (Fsp3) is 0.400. The molecule has 26 heavy (non-hydrogen) atoms. The molecule has 1 aliphatic heterocycles. The summed E-state index contributed by atoms with van der Waals surface area (Å²) < 4.78 is 11.3. The maximum absolute atomic E-state index is 5.83. The third-order valence-electron chi connectivity index (χ3n) is 4.98. The molecule has 2 aromatic heterocycles. The van der Waals surface area contributed by atoms with Gasteiger partial charge in [-0.2, -0.15) is 0 Å². The Balaban J connectivity index is 1.65. The summed E-state index contributed by atoms with van der Waals surface area (Å²) >= 11 is 1.70. The van der Waals surface area contributed by atoms with E-state index in [4.69, 9.17) is 9.47 Å². The van der Waals surface area contributed by atoms with E-state index in [1.165, 1.54) is 10.4 Å². The van der Waals surface area contributed by atoms with Gasteiger partial charge in [0.1, 0.15) is 16.5 Å². The smallest absolute Gasteiger partial charge is 0.138 e. The molecule has 1 fully saturated rings. The van der Waals surface area contributed by atoms with Crippen LogP contribution in [0.1, 0.15) is 18.7 Å². The fourth-order valence-electron chi connectivity index (χ4n) is 3.35. The van der Waals surface area contributed by atoms with Gasteiger partial charge < -0.3 is 14.8 Å². The number of thiophene rings is 1. The molecule has 3 heterocycles. The fourth-order valence-corrected chi connectivity index (χ4v) is 4.43. The van der Waals surface area contributed by atoms with Crippen LogP contribution in [0, 0.1) is 6.92 Å². The lowest BCUT2D eigenvalue weighted by molar-refractivity contribution is -0.0807. The number of ether oxygens (including phenoxy) is 2. The van der Waals surface area contributed by atoms with Crippen molar-refractivity contribution >= 4 is 27.4 Å². The molecule has 5 nitrogen and oxygen atoms in total. The van der Waals surface area contributed by atoms with Crippen LogP contribution in [-0.2, 0) is 9.47 Å². The number of aryl methyl sites for hydroxylation is 1. The first-order valence-electron chi connectivity index (χ1n) is 8.89. The van der Waals surface area contributed by atoms with Crippen LogP contribution < -0.4 is 5.32 Å². The standard InChI is InChI=1S/C20H23N3O2S/c1-14-22-18(21-13-20(24-2)8-10-25-11-9-20)16-12-17(26-19(16)23-14)15-6-4-3-5-7-15/h3-7,12H,8-11,13H2,1-2H3,(H,21,22,23). The Hall–Kier alpha value is -2.02. The summed E-state index contributed by atoms with van der Waals surface area (Å²) in [6, 6.07) is 12.6. The van der Waals surface area contributed by atoms with Crippen molar-refractivity contribution in [2.45, 2.75) is 25.4 Å². The number of hydrogen-bond acceptors (Lipinski definition) is 6. The summed E-state index contributed by atoms with van der Waals surface area (Å²) in [6.07, 6.45) is 1.78. The molecule has 0 aliphatic carbocycles. The molecule has 0 bridgehead atoms. The highest BCUT2D eigenvalue weighted by Gasteiger charge is 2.32. The molecular weight excluding hydrogens is 346 g/mol. The van der Waals surface area contributed by atoms with Gasteiger partial charge in [0.25, 0.3) is 0 Å². The minimum atomic E-state index is -0.193. The predicted molar refractivity (Wildman–Crippen MR) is 106 cm³/mol. The molecule has 136 valence electrons. The Bertz CT molecular complexity index is 889. The first kappa shape index (κ1) is 17.4. The van der Waals surface area contributed by atoms with Gasteiger partial charge in [0.15, 0.2) is 0 Å². The lowest BCUT2D eigenvalue weighted by Gasteiger charge is -2.36. The van der Waals surface area contributed by atoms with Gasteiger partial charge in [-0.05, 0) is 18.6 Å². The van der Waals surface area contributed by atoms with Crippen LogP contribution in [0.3, 0.4) is 0 Å². The molecule has 1 saturated heterocycles. The highest BCUT2D eigenvalue weighted by molar-refractivity contribution is 7.21. The van der Waals surface area contributed by atoms with Gasteiger partial charge in [-0.25, -0.2) is 9.97 Å². The van der Waals surface area contributed by atoms with E-state index in [1.807, 2.05) is 13.0 Å². The van der Waals surface area contributed by atoms with Crippen molar-refractivity contribution in [3.63, 3.8) is 0 Å². The van der Waals surface area contributed by atoms with Crippen molar-refractivity contribution in [1.82, 2.24) is 9.97 Å². The second-order valence-electron chi connectivity index (χ2n) is 6.67. The lowest BCUT2D eigenvalue weighted by atomic mass is 9.94. The molecule has 1 N–H and O–H groups in total. The zero-order valence-corrected chi connectivity index (χ0v) is 15.9. The van der Waals surface area contributed by atoms with E-state index in [9.17, 15) is 0 Å². The Morgan fingerprint density at radius 1 is 1.19 bits per heavy atom. The molecule has 0 saturated carbocycles. The summed E-state index contributed by atoms with van der Waals surface area (Å²) in [6.45, 7) is 4.14. The summed E-state index contributed by atoms with van der Waals surface area (Å²) in [5.74, 6) is 1.66. The second-order valence-corrected chi connectivity index (χ2v) is 7.70. The van der Waals surface area contributed by atoms with Gasteiger partial charge in [0, 0.05) is 44.6 Å². The minimum Gasteiger partial charge on any atom is -0.381 e. The van der Waals surface area contributed by atoms with Crippen LogP contribution in [0.5, 0.6) is 0 Å². The number of nitrogens with zero attached hydrogens (tertiary/aromatic N) is 2. The van der Waals surface area contributed by atoms with Gasteiger partial charge in [-0.3, -0.25) is 0 Å². The molecule has 0 amide bonds. The third kappa shape index (κ3) is 3.45. The Labute approximate surface area is 157 Å².